The molecule has 3 fully saturated rings. The van der Waals surface area contributed by atoms with Crippen LogP contribution >= 0.6 is 0 Å². The van der Waals surface area contributed by atoms with Crippen LogP contribution in [0.2, 0.25) is 0 Å². The van der Waals surface area contributed by atoms with Gasteiger partial charge in [-0.1, -0.05) is 202 Å². The molecule has 0 aromatic rings. The van der Waals surface area contributed by atoms with Crippen molar-refractivity contribution in [1.82, 2.24) is 5.32 Å². The second-order valence-electron chi connectivity index (χ2n) is 23.5. The zero-order valence-corrected chi connectivity index (χ0v) is 52.7. The van der Waals surface area contributed by atoms with Crippen molar-refractivity contribution in [2.75, 3.05) is 26.4 Å². The van der Waals surface area contributed by atoms with Gasteiger partial charge in [0.25, 0.3) is 0 Å². The third-order valence-corrected chi connectivity index (χ3v) is 16.2. The molecule has 0 aliphatic carbocycles. The lowest BCUT2D eigenvalue weighted by Gasteiger charge is -2.48. The molecule has 0 aromatic carbocycles. The molecule has 0 spiro atoms. The van der Waals surface area contributed by atoms with Crippen LogP contribution in [0.5, 0.6) is 0 Å². The lowest BCUT2D eigenvalue weighted by atomic mass is 9.96. The molecule has 3 aliphatic heterocycles. The number of nitrogens with one attached hydrogen (secondary N) is 1. The van der Waals surface area contributed by atoms with Crippen molar-refractivity contribution < 1.29 is 89.4 Å². The minimum Gasteiger partial charge on any atom is -0.394 e. The number of hydrogen-bond donors (Lipinski definition) is 12. The minimum absolute atomic E-state index is 0.175. The number of hydrogen-bond acceptors (Lipinski definition) is 18. The van der Waals surface area contributed by atoms with Crippen LogP contribution in [0.1, 0.15) is 206 Å². The van der Waals surface area contributed by atoms with Crippen molar-refractivity contribution in [2.24, 2.45) is 0 Å². The molecule has 502 valence electrons. The highest BCUT2D eigenvalue weighted by atomic mass is 16.8. The molecule has 0 radical (unpaired) electrons. The van der Waals surface area contributed by atoms with Crippen LogP contribution in [-0.4, -0.2) is 193 Å². The monoisotopic (exact) mass is 1240 g/mol. The Balaban J connectivity index is 1.47. The van der Waals surface area contributed by atoms with E-state index in [4.69, 9.17) is 28.4 Å². The number of rotatable bonds is 49. The fourth-order valence-corrected chi connectivity index (χ4v) is 10.7. The Morgan fingerprint density at radius 1 is 0.425 bits per heavy atom. The van der Waals surface area contributed by atoms with E-state index in [2.05, 4.69) is 92.1 Å². The number of carbonyl (C=O) groups is 1. The molecular weight excluding hydrogens is 1120 g/mol. The van der Waals surface area contributed by atoms with Gasteiger partial charge < -0.3 is 89.9 Å². The fourth-order valence-electron chi connectivity index (χ4n) is 10.7. The van der Waals surface area contributed by atoms with E-state index in [0.29, 0.717) is 12.8 Å². The third-order valence-electron chi connectivity index (χ3n) is 16.2. The summed E-state index contributed by atoms with van der Waals surface area (Å²) >= 11 is 0. The molecule has 1 amide bonds. The lowest BCUT2D eigenvalue weighted by molar-refractivity contribution is -0.379. The minimum atomic E-state index is -1.99. The van der Waals surface area contributed by atoms with Gasteiger partial charge in [-0.3, -0.25) is 4.79 Å². The van der Waals surface area contributed by atoms with Gasteiger partial charge in [0.15, 0.2) is 18.9 Å². The molecule has 0 bridgehead atoms. The normalized spacial score (nSPS) is 29.1. The van der Waals surface area contributed by atoms with Gasteiger partial charge in [0, 0.05) is 6.42 Å². The average molecular weight is 1240 g/mol. The second-order valence-corrected chi connectivity index (χ2v) is 23.5. The van der Waals surface area contributed by atoms with E-state index in [9.17, 15) is 61.0 Å². The summed E-state index contributed by atoms with van der Waals surface area (Å²) < 4.78 is 34.2. The number of unbranched alkanes of at least 4 members (excludes halogenated alkanes) is 21. The van der Waals surface area contributed by atoms with E-state index in [1.165, 1.54) is 109 Å². The molecule has 0 saturated carbocycles. The van der Waals surface area contributed by atoms with Crippen molar-refractivity contribution in [2.45, 2.75) is 311 Å². The molecule has 87 heavy (non-hydrogen) atoms. The Bertz CT molecular complexity index is 1910. The molecule has 3 saturated heterocycles. The summed E-state index contributed by atoms with van der Waals surface area (Å²) in [6.45, 7) is 1.54. The van der Waals surface area contributed by atoms with Gasteiger partial charge in [0.1, 0.15) is 73.2 Å². The molecule has 3 rings (SSSR count). The fraction of sp³-hybridized carbons (Fsp3) is 0.779. The number of aliphatic hydroxyl groups excluding tert-OH is 11. The van der Waals surface area contributed by atoms with Gasteiger partial charge in [0.2, 0.25) is 5.91 Å². The first-order valence-electron chi connectivity index (χ1n) is 33.3. The van der Waals surface area contributed by atoms with Crippen molar-refractivity contribution in [3.05, 3.63) is 85.1 Å². The van der Waals surface area contributed by atoms with E-state index in [1.54, 1.807) is 6.08 Å². The largest absolute Gasteiger partial charge is 0.394 e. The average Bonchev–Trinajstić information content (AvgIpc) is 2.90. The first-order chi connectivity index (χ1) is 42.3. The summed E-state index contributed by atoms with van der Waals surface area (Å²) in [5.41, 5.74) is 0. The van der Waals surface area contributed by atoms with Crippen molar-refractivity contribution >= 4 is 5.91 Å². The molecule has 17 atom stereocenters. The van der Waals surface area contributed by atoms with E-state index >= 15 is 0 Å². The van der Waals surface area contributed by atoms with E-state index in [1.807, 2.05) is 6.08 Å². The molecule has 19 heteroatoms. The molecule has 0 aromatic heterocycles. The van der Waals surface area contributed by atoms with Gasteiger partial charge in [-0.15, -0.1) is 0 Å². The molecular formula is C68H117NO18. The Morgan fingerprint density at radius 2 is 0.805 bits per heavy atom. The van der Waals surface area contributed by atoms with Gasteiger partial charge in [-0.25, -0.2) is 0 Å². The number of ether oxygens (including phenoxy) is 6. The maximum atomic E-state index is 13.3. The SMILES string of the molecule is CC/C=C\C/C=C\C/C=C\C/C=C\CCCCC(=O)NC(COC1OC(CO)C(OC2OC(CO)C(OC3OC(CO)C(O)C(O)C3O)C(O)C2O)C(O)C1O)C(O)/C=C/CC/C=C/CC/C=C/CCCCCCCCCCCCCCCCCCC. The maximum Gasteiger partial charge on any atom is 0.220 e. The van der Waals surface area contributed by atoms with Crippen LogP contribution in [0.3, 0.4) is 0 Å². The number of aliphatic hydroxyl groups is 11. The summed E-state index contributed by atoms with van der Waals surface area (Å²) in [6.07, 6.45) is 35.8. The van der Waals surface area contributed by atoms with Gasteiger partial charge in [0.05, 0.1) is 38.6 Å². The molecule has 3 heterocycles. The van der Waals surface area contributed by atoms with E-state index in [0.717, 1.165) is 64.2 Å². The predicted octanol–water partition coefficient (Wildman–Crippen LogP) is 7.93. The molecule has 17 unspecified atom stereocenters. The van der Waals surface area contributed by atoms with Crippen molar-refractivity contribution in [3.63, 3.8) is 0 Å². The maximum absolute atomic E-state index is 13.3. The Kier molecular flexibility index (Phi) is 44.6. The third kappa shape index (κ3) is 32.2. The van der Waals surface area contributed by atoms with Crippen LogP contribution in [0.15, 0.2) is 85.1 Å². The summed E-state index contributed by atoms with van der Waals surface area (Å²) in [7, 11) is 0. The smallest absolute Gasteiger partial charge is 0.220 e. The van der Waals surface area contributed by atoms with Crippen molar-refractivity contribution in [3.8, 4) is 0 Å². The van der Waals surface area contributed by atoms with Gasteiger partial charge in [-0.2, -0.15) is 0 Å². The summed E-state index contributed by atoms with van der Waals surface area (Å²) in [5.74, 6) is -0.333. The predicted molar refractivity (Wildman–Crippen MR) is 337 cm³/mol. The lowest BCUT2D eigenvalue weighted by Crippen LogP contribution is -2.66. The van der Waals surface area contributed by atoms with Crippen LogP contribution < -0.4 is 5.32 Å². The number of carbonyl (C=O) groups excluding carboxylic acids is 1. The number of amides is 1. The van der Waals surface area contributed by atoms with E-state index in [-0.39, 0.29) is 12.3 Å². The zero-order chi connectivity index (χ0) is 63.3. The molecule has 3 aliphatic rings. The first-order valence-corrected chi connectivity index (χ1v) is 33.3. The standard InChI is InChI=1S/C68H117NO18/c1-3-5-7-9-11-13-15-17-19-20-21-22-23-24-25-26-27-28-29-30-32-33-35-37-39-41-43-45-52(73)51(69-56(74)46-44-42-40-38-36-34-31-18-16-14-12-10-8-6-4-2)50-82-66-62(80)59(77)64(54(48-71)84-66)87-68-63(81)60(78)65(55(49-72)85-68)86-67-61(79)58(76)57(75)53(47-70)83-67/h6,8,12,14,18,29-31,35-38,43,45,51-55,57-68,70-73,75-81H,3-5,7,9-11,13,15-17,19-28,32-34,39-42,44,46-50H2,1-2H3,(H,69,74)/b8-6-,14-12-,30-29+,31-18-,37-35+,38-36-,45-43+. The first kappa shape index (κ1) is 78.2. The summed E-state index contributed by atoms with van der Waals surface area (Å²) in [5, 5.41) is 120. The van der Waals surface area contributed by atoms with Crippen molar-refractivity contribution in [1.29, 1.82) is 0 Å². The van der Waals surface area contributed by atoms with Crippen LogP contribution in [0.4, 0.5) is 0 Å². The zero-order valence-electron chi connectivity index (χ0n) is 52.7. The highest BCUT2D eigenvalue weighted by Gasteiger charge is 2.53. The summed E-state index contributed by atoms with van der Waals surface area (Å²) in [4.78, 5) is 13.3. The topological polar surface area (TPSA) is 307 Å². The molecule has 19 nitrogen and oxygen atoms in total. The van der Waals surface area contributed by atoms with Crippen LogP contribution in [0, 0.1) is 0 Å². The Morgan fingerprint density at radius 3 is 1.29 bits per heavy atom. The van der Waals surface area contributed by atoms with E-state index < -0.39 is 131 Å². The second kappa shape index (κ2) is 49.6. The number of allylic oxidation sites excluding steroid dienone is 13. The van der Waals surface area contributed by atoms with Crippen LogP contribution in [0.25, 0.3) is 0 Å². The summed E-state index contributed by atoms with van der Waals surface area (Å²) in [6, 6.07) is -1.02. The molecule has 12 N–H and O–H groups in total. The quantitative estimate of drug-likeness (QED) is 0.0203. The highest BCUT2D eigenvalue weighted by Crippen LogP contribution is 2.33. The Hall–Kier alpha value is -3.03. The van der Waals surface area contributed by atoms with Crippen LogP contribution in [-0.2, 0) is 33.2 Å². The highest BCUT2D eigenvalue weighted by molar-refractivity contribution is 5.76. The van der Waals surface area contributed by atoms with Gasteiger partial charge >= 0.3 is 0 Å². The Labute approximate surface area is 520 Å². The van der Waals surface area contributed by atoms with Gasteiger partial charge in [-0.05, 0) is 83.5 Å².